The molecule has 0 saturated heterocycles. The van der Waals surface area contributed by atoms with E-state index in [1.54, 1.807) is 0 Å². The van der Waals surface area contributed by atoms with Gasteiger partial charge < -0.3 is 4.98 Å². The second-order valence-corrected chi connectivity index (χ2v) is 3.07. The Morgan fingerprint density at radius 1 is 1.25 bits per heavy atom. The minimum Gasteiger partial charge on any atom is -0.324 e. The largest absolute Gasteiger partial charge is 0.324 e. The molecule has 0 atom stereocenters. The van der Waals surface area contributed by atoms with Crippen LogP contribution >= 0.6 is 11.8 Å². The molecule has 2 heterocycles. The molecule has 2 aromatic heterocycles. The van der Waals surface area contributed by atoms with E-state index in [0.29, 0.717) is 16.5 Å². The van der Waals surface area contributed by atoms with E-state index in [-0.39, 0.29) is 0 Å². The number of hydrogen-bond acceptors (Lipinski definition) is 5. The zero-order chi connectivity index (χ0) is 8.55. The first-order chi connectivity index (χ1) is 5.79. The fraction of sp³-hybridized carbons (Fsp3) is 0.333. The molecule has 0 bridgehead atoms. The molecule has 0 spiro atoms. The maximum absolute atomic E-state index is 4.16. The number of aromatic nitrogens is 5. The molecule has 12 heavy (non-hydrogen) atoms. The van der Waals surface area contributed by atoms with Gasteiger partial charge in [-0.2, -0.15) is 4.98 Å². The van der Waals surface area contributed by atoms with E-state index in [9.17, 15) is 0 Å². The Bertz CT molecular complexity index is 409. The topological polar surface area (TPSA) is 67.3 Å². The Hall–Kier alpha value is -1.17. The number of nitrogens with zero attached hydrogens (tertiary/aromatic N) is 4. The lowest BCUT2D eigenvalue weighted by Crippen LogP contribution is -1.90. The first kappa shape index (κ1) is 7.48. The predicted octanol–water partition coefficient (Wildman–Crippen LogP) is 0.778. The highest BCUT2D eigenvalue weighted by atomic mass is 32.2. The molecule has 1 N–H and O–H groups in total. The molecule has 2 aromatic rings. The molecule has 0 aliphatic heterocycles. The third-order valence-corrected chi connectivity index (χ3v) is 1.94. The third kappa shape index (κ3) is 1.14. The number of aryl methyl sites for hydroxylation is 1. The molecule has 62 valence electrons. The second-order valence-electron chi connectivity index (χ2n) is 2.29. The van der Waals surface area contributed by atoms with Gasteiger partial charge in [-0.05, 0) is 13.2 Å². The van der Waals surface area contributed by atoms with E-state index in [0.717, 1.165) is 5.82 Å². The number of hydrogen-bond donors (Lipinski definition) is 1. The molecule has 0 unspecified atom stereocenters. The highest BCUT2D eigenvalue weighted by molar-refractivity contribution is 7.98. The second kappa shape index (κ2) is 2.71. The summed E-state index contributed by atoms with van der Waals surface area (Å²) in [6, 6.07) is 0. The minimum atomic E-state index is 0.631. The van der Waals surface area contributed by atoms with Crippen molar-refractivity contribution in [2.24, 2.45) is 0 Å². The van der Waals surface area contributed by atoms with Crippen molar-refractivity contribution in [2.75, 3.05) is 6.26 Å². The Balaban J connectivity index is 2.66. The number of fused-ring (bicyclic) bond motifs is 1. The summed E-state index contributed by atoms with van der Waals surface area (Å²) in [6.45, 7) is 1.86. The van der Waals surface area contributed by atoms with Crippen LogP contribution in [-0.4, -0.2) is 31.4 Å². The van der Waals surface area contributed by atoms with Gasteiger partial charge in [-0.25, -0.2) is 4.98 Å². The first-order valence-corrected chi connectivity index (χ1v) is 4.63. The van der Waals surface area contributed by atoms with Crippen molar-refractivity contribution in [3.05, 3.63) is 5.82 Å². The lowest BCUT2D eigenvalue weighted by atomic mass is 10.7. The summed E-state index contributed by atoms with van der Waals surface area (Å²) >= 11 is 1.45. The van der Waals surface area contributed by atoms with E-state index in [1.807, 2.05) is 13.2 Å². The predicted molar refractivity (Wildman–Crippen MR) is 46.0 cm³/mol. The van der Waals surface area contributed by atoms with Crippen LogP contribution in [-0.2, 0) is 0 Å². The molecule has 0 aliphatic rings. The molecule has 0 radical (unpaired) electrons. The zero-order valence-electron chi connectivity index (χ0n) is 6.70. The van der Waals surface area contributed by atoms with Crippen LogP contribution in [0, 0.1) is 6.92 Å². The van der Waals surface area contributed by atoms with Gasteiger partial charge >= 0.3 is 0 Å². The molecule has 0 saturated carbocycles. The van der Waals surface area contributed by atoms with Crippen LogP contribution in [0.5, 0.6) is 0 Å². The summed E-state index contributed by atoms with van der Waals surface area (Å²) < 4.78 is 0. The van der Waals surface area contributed by atoms with Gasteiger partial charge in [0, 0.05) is 0 Å². The summed E-state index contributed by atoms with van der Waals surface area (Å²) in [5, 5.41) is 8.44. The van der Waals surface area contributed by atoms with Gasteiger partial charge in [0.25, 0.3) is 0 Å². The summed E-state index contributed by atoms with van der Waals surface area (Å²) in [6.07, 6.45) is 1.91. The Kier molecular flexibility index (Phi) is 1.69. The van der Waals surface area contributed by atoms with E-state index in [4.69, 9.17) is 0 Å². The molecule has 0 amide bonds. The molecule has 5 nitrogen and oxygen atoms in total. The van der Waals surface area contributed by atoms with Gasteiger partial charge in [-0.3, -0.25) is 0 Å². The van der Waals surface area contributed by atoms with Gasteiger partial charge in [0.05, 0.1) is 0 Å². The van der Waals surface area contributed by atoms with Crippen LogP contribution < -0.4 is 0 Å². The number of thioether (sulfide) groups is 1. The molecule has 6 heteroatoms. The van der Waals surface area contributed by atoms with Crippen molar-refractivity contribution in [1.29, 1.82) is 0 Å². The van der Waals surface area contributed by atoms with Crippen molar-refractivity contribution in [2.45, 2.75) is 12.1 Å². The van der Waals surface area contributed by atoms with Crippen molar-refractivity contribution in [3.63, 3.8) is 0 Å². The Labute approximate surface area is 73.0 Å². The van der Waals surface area contributed by atoms with Gasteiger partial charge in [-0.15, -0.1) is 10.2 Å². The van der Waals surface area contributed by atoms with Crippen LogP contribution in [0.4, 0.5) is 0 Å². The maximum Gasteiger partial charge on any atom is 0.210 e. The third-order valence-electron chi connectivity index (χ3n) is 1.40. The van der Waals surface area contributed by atoms with Gasteiger partial charge in [0.15, 0.2) is 5.65 Å². The maximum atomic E-state index is 4.16. The van der Waals surface area contributed by atoms with E-state index in [2.05, 4.69) is 25.1 Å². The summed E-state index contributed by atoms with van der Waals surface area (Å²) in [4.78, 5) is 11.3. The van der Waals surface area contributed by atoms with Crippen molar-refractivity contribution in [3.8, 4) is 0 Å². The number of nitrogens with one attached hydrogen (secondary N) is 1. The number of aromatic amines is 1. The zero-order valence-corrected chi connectivity index (χ0v) is 7.51. The van der Waals surface area contributed by atoms with Crippen LogP contribution in [0.2, 0.25) is 0 Å². The first-order valence-electron chi connectivity index (χ1n) is 3.40. The number of imidazole rings is 1. The molecule has 0 aliphatic carbocycles. The van der Waals surface area contributed by atoms with Crippen molar-refractivity contribution in [1.82, 2.24) is 25.1 Å². The highest BCUT2D eigenvalue weighted by Gasteiger charge is 2.03. The fourth-order valence-corrected chi connectivity index (χ4v) is 1.21. The number of rotatable bonds is 1. The molecular weight excluding hydrogens is 174 g/mol. The standard InChI is InChI=1S/C6H7N5S/c1-3-7-4-5(8-3)10-11-6(9-4)12-2/h1-2H3,(H,7,8,9,10,11). The quantitative estimate of drug-likeness (QED) is 0.658. The highest BCUT2D eigenvalue weighted by Crippen LogP contribution is 2.10. The minimum absolute atomic E-state index is 0.631. The summed E-state index contributed by atoms with van der Waals surface area (Å²) in [5.74, 6) is 0.810. The van der Waals surface area contributed by atoms with E-state index < -0.39 is 0 Å². The van der Waals surface area contributed by atoms with Gasteiger partial charge in [0.2, 0.25) is 10.8 Å². The molecule has 2 rings (SSSR count). The summed E-state index contributed by atoms with van der Waals surface area (Å²) in [7, 11) is 0. The SMILES string of the molecule is CSc1nnc2[nH]c(C)nc2n1. The van der Waals surface area contributed by atoms with Crippen LogP contribution in [0.1, 0.15) is 5.82 Å². The Morgan fingerprint density at radius 3 is 2.83 bits per heavy atom. The van der Waals surface area contributed by atoms with Gasteiger partial charge in [0.1, 0.15) is 5.82 Å². The molecular formula is C6H7N5S. The van der Waals surface area contributed by atoms with E-state index in [1.165, 1.54) is 11.8 Å². The average molecular weight is 181 g/mol. The van der Waals surface area contributed by atoms with Crippen LogP contribution in [0.25, 0.3) is 11.3 Å². The van der Waals surface area contributed by atoms with Crippen LogP contribution in [0.3, 0.4) is 0 Å². The summed E-state index contributed by atoms with van der Waals surface area (Å²) in [5.41, 5.74) is 1.28. The lowest BCUT2D eigenvalue weighted by Gasteiger charge is -1.89. The fourth-order valence-electron chi connectivity index (χ4n) is 0.907. The molecule has 0 aromatic carbocycles. The normalized spacial score (nSPS) is 10.8. The van der Waals surface area contributed by atoms with Crippen LogP contribution in [0.15, 0.2) is 5.16 Å². The molecule has 0 fully saturated rings. The Morgan fingerprint density at radius 2 is 2.08 bits per heavy atom. The monoisotopic (exact) mass is 181 g/mol. The van der Waals surface area contributed by atoms with E-state index >= 15 is 0 Å². The number of H-pyrrole nitrogens is 1. The van der Waals surface area contributed by atoms with Crippen molar-refractivity contribution >= 4 is 23.1 Å². The van der Waals surface area contributed by atoms with Gasteiger partial charge in [-0.1, -0.05) is 11.8 Å². The van der Waals surface area contributed by atoms with Crippen molar-refractivity contribution < 1.29 is 0 Å². The average Bonchev–Trinajstić information content (AvgIpc) is 2.43. The lowest BCUT2D eigenvalue weighted by molar-refractivity contribution is 0.874. The smallest absolute Gasteiger partial charge is 0.210 e.